The highest BCUT2D eigenvalue weighted by molar-refractivity contribution is 5.57. The van der Waals surface area contributed by atoms with E-state index in [0.717, 1.165) is 56.1 Å². The van der Waals surface area contributed by atoms with Crippen molar-refractivity contribution in [2.45, 2.75) is 51.2 Å². The van der Waals surface area contributed by atoms with Crippen molar-refractivity contribution in [2.24, 2.45) is 0 Å². The summed E-state index contributed by atoms with van der Waals surface area (Å²) in [5.41, 5.74) is 2.54. The lowest BCUT2D eigenvalue weighted by atomic mass is 10.0. The molecule has 0 spiro atoms. The Morgan fingerprint density at radius 1 is 1.03 bits per heavy atom. The van der Waals surface area contributed by atoms with E-state index in [1.54, 1.807) is 7.11 Å². The van der Waals surface area contributed by atoms with Crippen molar-refractivity contribution in [3.63, 3.8) is 0 Å². The topological polar surface area (TPSA) is 43.0 Å². The lowest BCUT2D eigenvalue weighted by Crippen LogP contribution is -2.51. The molecule has 1 atom stereocenters. The fraction of sp³-hybridized carbons (Fsp3) is 0.520. The molecule has 162 valence electrons. The minimum atomic E-state index is 0.324. The van der Waals surface area contributed by atoms with Gasteiger partial charge in [-0.2, -0.15) is 0 Å². The molecule has 0 amide bonds. The summed E-state index contributed by atoms with van der Waals surface area (Å²) in [4.78, 5) is 2.46. The number of methoxy groups -OCH3 is 1. The molecule has 2 aromatic carbocycles. The van der Waals surface area contributed by atoms with Crippen LogP contribution in [0.25, 0.3) is 0 Å². The molecule has 2 aromatic rings. The van der Waals surface area contributed by atoms with Gasteiger partial charge in [0.15, 0.2) is 11.5 Å². The minimum Gasteiger partial charge on any atom is -0.494 e. The molecule has 1 heterocycles. The van der Waals surface area contributed by atoms with Gasteiger partial charge in [0.2, 0.25) is 0 Å². The van der Waals surface area contributed by atoms with Crippen LogP contribution in [0, 0.1) is 0 Å². The summed E-state index contributed by atoms with van der Waals surface area (Å²) in [6.45, 7) is 5.66. The Kier molecular flexibility index (Phi) is 7.00. The first kappa shape index (κ1) is 20.9. The van der Waals surface area contributed by atoms with Gasteiger partial charge < -0.3 is 24.4 Å². The summed E-state index contributed by atoms with van der Waals surface area (Å²) >= 11 is 0. The highest BCUT2D eigenvalue weighted by atomic mass is 16.5. The van der Waals surface area contributed by atoms with Gasteiger partial charge in [-0.15, -0.1) is 0 Å². The molecular formula is C25H34N2O3. The van der Waals surface area contributed by atoms with Crippen LogP contribution in [-0.4, -0.2) is 45.5 Å². The molecule has 1 saturated carbocycles. The summed E-state index contributed by atoms with van der Waals surface area (Å²) in [7, 11) is 1.72. The SMILES string of the molecule is CCOc1ccc(C[C@H]2CN(c3ccc(OC)c(OC4CCCC4)c3)CCN2)cc1. The Hall–Kier alpha value is -2.40. The normalized spacial score (nSPS) is 19.7. The first-order valence-corrected chi connectivity index (χ1v) is 11.3. The number of anilines is 1. The zero-order chi connectivity index (χ0) is 20.8. The van der Waals surface area contributed by atoms with Gasteiger partial charge in [0, 0.05) is 37.4 Å². The van der Waals surface area contributed by atoms with Crippen LogP contribution >= 0.6 is 0 Å². The maximum atomic E-state index is 6.30. The van der Waals surface area contributed by atoms with Gasteiger partial charge in [0.1, 0.15) is 5.75 Å². The van der Waals surface area contributed by atoms with E-state index in [0.29, 0.717) is 18.8 Å². The summed E-state index contributed by atoms with van der Waals surface area (Å²) in [5.74, 6) is 2.64. The molecule has 1 aliphatic heterocycles. The van der Waals surface area contributed by atoms with E-state index >= 15 is 0 Å². The zero-order valence-corrected chi connectivity index (χ0v) is 18.2. The van der Waals surface area contributed by atoms with Crippen LogP contribution in [0.2, 0.25) is 0 Å². The molecule has 0 unspecified atom stereocenters. The predicted molar refractivity (Wildman–Crippen MR) is 121 cm³/mol. The van der Waals surface area contributed by atoms with Crippen LogP contribution in [-0.2, 0) is 6.42 Å². The number of piperazine rings is 1. The zero-order valence-electron chi connectivity index (χ0n) is 18.2. The van der Waals surface area contributed by atoms with Crippen molar-refractivity contribution in [1.82, 2.24) is 5.32 Å². The minimum absolute atomic E-state index is 0.324. The van der Waals surface area contributed by atoms with Gasteiger partial charge in [0.05, 0.1) is 19.8 Å². The molecule has 2 fully saturated rings. The Morgan fingerprint density at radius 3 is 2.57 bits per heavy atom. The number of nitrogens with zero attached hydrogens (tertiary/aromatic N) is 1. The van der Waals surface area contributed by atoms with Crippen LogP contribution in [0.3, 0.4) is 0 Å². The molecular weight excluding hydrogens is 376 g/mol. The third kappa shape index (κ3) is 5.20. The average Bonchev–Trinajstić information content (AvgIpc) is 3.29. The summed E-state index contributed by atoms with van der Waals surface area (Å²) < 4.78 is 17.4. The van der Waals surface area contributed by atoms with Crippen LogP contribution in [0.1, 0.15) is 38.2 Å². The lowest BCUT2D eigenvalue weighted by molar-refractivity contribution is 0.201. The van der Waals surface area contributed by atoms with E-state index in [1.165, 1.54) is 24.1 Å². The van der Waals surface area contributed by atoms with Gasteiger partial charge in [-0.05, 0) is 68.9 Å². The van der Waals surface area contributed by atoms with Gasteiger partial charge in [-0.25, -0.2) is 0 Å². The summed E-state index contributed by atoms with van der Waals surface area (Å²) in [6, 6.07) is 15.3. The monoisotopic (exact) mass is 410 g/mol. The molecule has 1 saturated heterocycles. The number of nitrogens with one attached hydrogen (secondary N) is 1. The number of benzene rings is 2. The maximum Gasteiger partial charge on any atom is 0.163 e. The molecule has 5 nitrogen and oxygen atoms in total. The van der Waals surface area contributed by atoms with Gasteiger partial charge in [0.25, 0.3) is 0 Å². The van der Waals surface area contributed by atoms with Crippen molar-refractivity contribution in [3.05, 3.63) is 48.0 Å². The lowest BCUT2D eigenvalue weighted by Gasteiger charge is -2.35. The van der Waals surface area contributed by atoms with Crippen LogP contribution < -0.4 is 24.4 Å². The second kappa shape index (κ2) is 10.1. The standard InChI is InChI=1S/C25H34N2O3/c1-3-29-22-11-8-19(9-12-22)16-20-18-27(15-14-26-20)21-10-13-24(28-2)25(17-21)30-23-6-4-5-7-23/h8-13,17,20,23,26H,3-7,14-16,18H2,1-2H3/t20-/m0/s1. The van der Waals surface area contributed by atoms with Gasteiger partial charge in [-0.1, -0.05) is 12.1 Å². The molecule has 1 aliphatic carbocycles. The third-order valence-electron chi connectivity index (χ3n) is 6.08. The Morgan fingerprint density at radius 2 is 1.83 bits per heavy atom. The number of rotatable bonds is 8. The van der Waals surface area contributed by atoms with E-state index < -0.39 is 0 Å². The second-order valence-corrected chi connectivity index (χ2v) is 8.24. The van der Waals surface area contributed by atoms with Crippen molar-refractivity contribution in [3.8, 4) is 17.2 Å². The van der Waals surface area contributed by atoms with Crippen molar-refractivity contribution in [2.75, 3.05) is 38.3 Å². The molecule has 0 radical (unpaired) electrons. The first-order chi connectivity index (χ1) is 14.7. The molecule has 4 rings (SSSR count). The van der Waals surface area contributed by atoms with E-state index in [1.807, 2.05) is 13.0 Å². The largest absolute Gasteiger partial charge is 0.494 e. The summed E-state index contributed by atoms with van der Waals surface area (Å²) in [5, 5.41) is 3.67. The molecule has 2 aliphatic rings. The Labute approximate surface area is 180 Å². The average molecular weight is 411 g/mol. The van der Waals surface area contributed by atoms with Crippen molar-refractivity contribution < 1.29 is 14.2 Å². The quantitative estimate of drug-likeness (QED) is 0.697. The van der Waals surface area contributed by atoms with Gasteiger partial charge in [-0.3, -0.25) is 0 Å². The highest BCUT2D eigenvalue weighted by Gasteiger charge is 2.23. The van der Waals surface area contributed by atoms with E-state index in [2.05, 4.69) is 46.6 Å². The van der Waals surface area contributed by atoms with E-state index in [-0.39, 0.29) is 0 Å². The molecule has 5 heteroatoms. The van der Waals surface area contributed by atoms with Gasteiger partial charge >= 0.3 is 0 Å². The highest BCUT2D eigenvalue weighted by Crippen LogP contribution is 2.35. The maximum absolute atomic E-state index is 6.30. The number of hydrogen-bond donors (Lipinski definition) is 1. The summed E-state index contributed by atoms with van der Waals surface area (Å²) in [6.07, 6.45) is 6.14. The predicted octanol–water partition coefficient (Wildman–Crippen LogP) is 4.44. The van der Waals surface area contributed by atoms with Crippen molar-refractivity contribution >= 4 is 5.69 Å². The third-order valence-corrected chi connectivity index (χ3v) is 6.08. The Bertz CT molecular complexity index is 803. The molecule has 0 aromatic heterocycles. The number of ether oxygens (including phenoxy) is 3. The van der Waals surface area contributed by atoms with E-state index in [9.17, 15) is 0 Å². The van der Waals surface area contributed by atoms with Crippen LogP contribution in [0.4, 0.5) is 5.69 Å². The fourth-order valence-electron chi connectivity index (χ4n) is 4.51. The first-order valence-electron chi connectivity index (χ1n) is 11.3. The molecule has 30 heavy (non-hydrogen) atoms. The van der Waals surface area contributed by atoms with Crippen LogP contribution in [0.15, 0.2) is 42.5 Å². The Balaban J connectivity index is 1.42. The number of hydrogen-bond acceptors (Lipinski definition) is 5. The second-order valence-electron chi connectivity index (χ2n) is 8.24. The van der Waals surface area contributed by atoms with E-state index in [4.69, 9.17) is 14.2 Å². The molecule has 1 N–H and O–H groups in total. The van der Waals surface area contributed by atoms with Crippen LogP contribution in [0.5, 0.6) is 17.2 Å². The molecule has 0 bridgehead atoms. The smallest absolute Gasteiger partial charge is 0.163 e. The van der Waals surface area contributed by atoms with Crippen molar-refractivity contribution in [1.29, 1.82) is 0 Å². The fourth-order valence-corrected chi connectivity index (χ4v) is 4.51.